The van der Waals surface area contributed by atoms with Gasteiger partial charge in [0, 0.05) is 13.1 Å². The van der Waals surface area contributed by atoms with Crippen molar-refractivity contribution >= 4 is 11.8 Å². The van der Waals surface area contributed by atoms with Gasteiger partial charge in [-0.05, 0) is 29.8 Å². The zero-order valence-corrected chi connectivity index (χ0v) is 12.6. The monoisotopic (exact) mass is 317 g/mol. The lowest BCUT2D eigenvalue weighted by molar-refractivity contribution is 0.0394. The van der Waals surface area contributed by atoms with Crippen molar-refractivity contribution in [2.75, 3.05) is 31.7 Å². The summed E-state index contributed by atoms with van der Waals surface area (Å²) in [4.78, 5) is 13.4. The van der Waals surface area contributed by atoms with Gasteiger partial charge in [0.05, 0.1) is 13.7 Å². The van der Waals surface area contributed by atoms with Crippen molar-refractivity contribution in [1.82, 2.24) is 10.2 Å². The first-order valence-electron chi connectivity index (χ1n) is 7.21. The summed E-state index contributed by atoms with van der Waals surface area (Å²) in [6.07, 6.45) is -0.161. The summed E-state index contributed by atoms with van der Waals surface area (Å²) in [6.45, 7) is 1.78. The van der Waals surface area contributed by atoms with Crippen molar-refractivity contribution in [1.29, 1.82) is 0 Å². The molecule has 1 fully saturated rings. The molecular formula is C16H16FN3O3. The van der Waals surface area contributed by atoms with Crippen LogP contribution in [-0.2, 0) is 9.47 Å². The Morgan fingerprint density at radius 3 is 2.70 bits per heavy atom. The van der Waals surface area contributed by atoms with Gasteiger partial charge in [0.25, 0.3) is 0 Å². The quantitative estimate of drug-likeness (QED) is 0.807. The number of methoxy groups -OCH3 is 1. The Kier molecular flexibility index (Phi) is 4.47. The van der Waals surface area contributed by atoms with Gasteiger partial charge in [-0.25, -0.2) is 9.18 Å². The molecule has 23 heavy (non-hydrogen) atoms. The molecular weight excluding hydrogens is 301 g/mol. The lowest BCUT2D eigenvalue weighted by atomic mass is 10.1. The molecule has 0 amide bonds. The van der Waals surface area contributed by atoms with Gasteiger partial charge in [-0.2, -0.15) is 0 Å². The van der Waals surface area contributed by atoms with Crippen LogP contribution in [0.25, 0.3) is 0 Å². The van der Waals surface area contributed by atoms with E-state index in [9.17, 15) is 9.18 Å². The van der Waals surface area contributed by atoms with E-state index in [0.717, 1.165) is 5.56 Å². The van der Waals surface area contributed by atoms with Gasteiger partial charge in [-0.15, -0.1) is 10.2 Å². The van der Waals surface area contributed by atoms with Crippen molar-refractivity contribution in [2.45, 2.75) is 6.10 Å². The summed E-state index contributed by atoms with van der Waals surface area (Å²) >= 11 is 0. The minimum absolute atomic E-state index is 0.161. The third kappa shape index (κ3) is 3.45. The number of ether oxygens (including phenoxy) is 2. The minimum Gasteiger partial charge on any atom is -0.464 e. The molecule has 0 aliphatic carbocycles. The number of carbonyl (C=O) groups excluding carboxylic acids is 1. The molecule has 2 heterocycles. The molecule has 0 bridgehead atoms. The molecule has 7 heteroatoms. The van der Waals surface area contributed by atoms with Crippen LogP contribution in [0.1, 0.15) is 22.2 Å². The highest BCUT2D eigenvalue weighted by molar-refractivity contribution is 5.86. The highest BCUT2D eigenvalue weighted by atomic mass is 19.1. The Morgan fingerprint density at radius 2 is 2.04 bits per heavy atom. The molecule has 0 radical (unpaired) electrons. The first-order valence-corrected chi connectivity index (χ1v) is 7.21. The molecule has 2 aromatic rings. The van der Waals surface area contributed by atoms with Gasteiger partial charge in [-0.1, -0.05) is 12.1 Å². The second-order valence-corrected chi connectivity index (χ2v) is 5.13. The summed E-state index contributed by atoms with van der Waals surface area (Å²) in [5, 5.41) is 7.95. The zero-order chi connectivity index (χ0) is 16.2. The molecule has 1 aromatic heterocycles. The normalized spacial score (nSPS) is 17.8. The van der Waals surface area contributed by atoms with E-state index < -0.39 is 5.97 Å². The summed E-state index contributed by atoms with van der Waals surface area (Å²) < 4.78 is 23.4. The van der Waals surface area contributed by atoms with Gasteiger partial charge in [0.2, 0.25) is 0 Å². The van der Waals surface area contributed by atoms with Gasteiger partial charge in [0.15, 0.2) is 11.5 Å². The second-order valence-electron chi connectivity index (χ2n) is 5.13. The Balaban J connectivity index is 1.73. The average molecular weight is 317 g/mol. The minimum atomic E-state index is -0.518. The maximum Gasteiger partial charge on any atom is 0.358 e. The number of halogens is 1. The number of hydrogen-bond donors (Lipinski definition) is 0. The molecule has 0 saturated carbocycles. The van der Waals surface area contributed by atoms with Crippen molar-refractivity contribution in [2.24, 2.45) is 0 Å². The lowest BCUT2D eigenvalue weighted by Gasteiger charge is -2.33. The number of benzene rings is 1. The number of carbonyl (C=O) groups is 1. The molecule has 1 saturated heterocycles. The van der Waals surface area contributed by atoms with Crippen LogP contribution in [0.15, 0.2) is 36.4 Å². The Hall–Kier alpha value is -2.54. The van der Waals surface area contributed by atoms with E-state index in [1.807, 2.05) is 4.90 Å². The third-order valence-electron chi connectivity index (χ3n) is 3.68. The van der Waals surface area contributed by atoms with Crippen molar-refractivity contribution in [3.8, 4) is 0 Å². The van der Waals surface area contributed by atoms with Crippen LogP contribution in [0.4, 0.5) is 10.2 Å². The van der Waals surface area contributed by atoms with E-state index in [-0.39, 0.29) is 17.6 Å². The summed E-state index contributed by atoms with van der Waals surface area (Å²) in [7, 11) is 1.30. The molecule has 120 valence electrons. The molecule has 1 atom stereocenters. The fraction of sp³-hybridized carbons (Fsp3) is 0.312. The van der Waals surface area contributed by atoms with E-state index in [1.54, 1.807) is 24.3 Å². The fourth-order valence-corrected chi connectivity index (χ4v) is 2.44. The van der Waals surface area contributed by atoms with Crippen LogP contribution >= 0.6 is 0 Å². The van der Waals surface area contributed by atoms with Gasteiger partial charge in [0.1, 0.15) is 11.9 Å². The van der Waals surface area contributed by atoms with Crippen LogP contribution in [0, 0.1) is 5.82 Å². The molecule has 6 nitrogen and oxygen atoms in total. The first kappa shape index (κ1) is 15.4. The number of rotatable bonds is 3. The number of aromatic nitrogens is 2. The van der Waals surface area contributed by atoms with E-state index in [1.165, 1.54) is 19.2 Å². The molecule has 1 aliphatic heterocycles. The van der Waals surface area contributed by atoms with Crippen molar-refractivity contribution in [3.63, 3.8) is 0 Å². The Morgan fingerprint density at radius 1 is 1.26 bits per heavy atom. The van der Waals surface area contributed by atoms with Crippen LogP contribution < -0.4 is 4.90 Å². The largest absolute Gasteiger partial charge is 0.464 e. The average Bonchev–Trinajstić information content (AvgIpc) is 2.62. The van der Waals surface area contributed by atoms with E-state index in [4.69, 9.17) is 4.74 Å². The molecule has 1 aliphatic rings. The number of anilines is 1. The smallest absolute Gasteiger partial charge is 0.358 e. The lowest BCUT2D eigenvalue weighted by Crippen LogP contribution is -2.39. The molecule has 0 unspecified atom stereocenters. The second kappa shape index (κ2) is 6.70. The fourth-order valence-electron chi connectivity index (χ4n) is 2.44. The first-order chi connectivity index (χ1) is 11.2. The summed E-state index contributed by atoms with van der Waals surface area (Å²) in [5.74, 6) is -0.131. The van der Waals surface area contributed by atoms with E-state index >= 15 is 0 Å². The molecule has 1 aromatic carbocycles. The third-order valence-corrected chi connectivity index (χ3v) is 3.68. The number of nitrogens with zero attached hydrogens (tertiary/aromatic N) is 3. The van der Waals surface area contributed by atoms with E-state index in [2.05, 4.69) is 14.9 Å². The Bertz CT molecular complexity index is 676. The molecule has 0 spiro atoms. The SMILES string of the molecule is COC(=O)c1ccc(N2CCO[C@H](c3ccc(F)cc3)C2)nn1. The number of esters is 1. The van der Waals surface area contributed by atoms with Gasteiger partial charge >= 0.3 is 5.97 Å². The van der Waals surface area contributed by atoms with Crippen molar-refractivity contribution < 1.29 is 18.7 Å². The van der Waals surface area contributed by atoms with Gasteiger partial charge in [-0.3, -0.25) is 0 Å². The maximum atomic E-state index is 13.0. The maximum absolute atomic E-state index is 13.0. The number of hydrogen-bond acceptors (Lipinski definition) is 6. The summed E-state index contributed by atoms with van der Waals surface area (Å²) in [5.41, 5.74) is 1.08. The van der Waals surface area contributed by atoms with E-state index in [0.29, 0.717) is 25.5 Å². The van der Waals surface area contributed by atoms with Crippen LogP contribution in [-0.4, -0.2) is 43.0 Å². The van der Waals surface area contributed by atoms with Gasteiger partial charge < -0.3 is 14.4 Å². The predicted molar refractivity (Wildman–Crippen MR) is 80.7 cm³/mol. The molecule has 3 rings (SSSR count). The Labute approximate surface area is 132 Å². The van der Waals surface area contributed by atoms with Crippen LogP contribution in [0.2, 0.25) is 0 Å². The van der Waals surface area contributed by atoms with Crippen LogP contribution in [0.3, 0.4) is 0 Å². The molecule has 0 N–H and O–H groups in total. The van der Waals surface area contributed by atoms with Crippen LogP contribution in [0.5, 0.6) is 0 Å². The van der Waals surface area contributed by atoms with Crippen molar-refractivity contribution in [3.05, 3.63) is 53.5 Å². The topological polar surface area (TPSA) is 64.5 Å². The predicted octanol–water partition coefficient (Wildman–Crippen LogP) is 1.98. The highest BCUT2D eigenvalue weighted by Gasteiger charge is 2.23. The summed E-state index contributed by atoms with van der Waals surface area (Å²) in [6, 6.07) is 9.58. The highest BCUT2D eigenvalue weighted by Crippen LogP contribution is 2.25. The zero-order valence-electron chi connectivity index (χ0n) is 12.6. The number of morpholine rings is 1. The standard InChI is InChI=1S/C16H16FN3O3/c1-22-16(21)13-6-7-15(19-18-13)20-8-9-23-14(10-20)11-2-4-12(17)5-3-11/h2-7,14H,8-10H2,1H3/t14-/m0/s1.